The van der Waals surface area contributed by atoms with Crippen LogP contribution in [0.2, 0.25) is 0 Å². The van der Waals surface area contributed by atoms with Gasteiger partial charge in [0, 0.05) is 13.1 Å². The molecule has 2 aliphatic rings. The van der Waals surface area contributed by atoms with Crippen LogP contribution in [-0.2, 0) is 0 Å². The third kappa shape index (κ3) is 5.21. The zero-order valence-corrected chi connectivity index (χ0v) is 16.5. The van der Waals surface area contributed by atoms with E-state index in [0.717, 1.165) is 17.8 Å². The van der Waals surface area contributed by atoms with Crippen LogP contribution in [0.25, 0.3) is 0 Å². The van der Waals surface area contributed by atoms with Gasteiger partial charge in [0.15, 0.2) is 0 Å². The number of nitrogens with zero attached hydrogens (tertiary/aromatic N) is 1. The van der Waals surface area contributed by atoms with Gasteiger partial charge in [-0.3, -0.25) is 0 Å². The summed E-state index contributed by atoms with van der Waals surface area (Å²) >= 11 is 0. The molecule has 23 heavy (non-hydrogen) atoms. The van der Waals surface area contributed by atoms with Crippen LogP contribution in [0, 0.1) is 17.8 Å². The number of hydrogen-bond donors (Lipinski definition) is 0. The van der Waals surface area contributed by atoms with E-state index in [1.807, 2.05) is 5.57 Å². The first-order chi connectivity index (χ1) is 10.9. The highest BCUT2D eigenvalue weighted by Gasteiger charge is 2.26. The molecule has 1 heterocycles. The van der Waals surface area contributed by atoms with Crippen molar-refractivity contribution in [2.75, 3.05) is 20.1 Å². The molecule has 132 valence electrons. The standard InChI is InChI=1S/C22H39N/c1-16(2)21-10-7-17(3)15-22(21)19(5)9-8-18(4)20-11-13-23(6)14-12-20/h16-17,21H,7-15H2,1-6H3/b22-19-/t17-,21+/m1/s1. The van der Waals surface area contributed by atoms with Crippen molar-refractivity contribution in [2.45, 2.75) is 79.6 Å². The van der Waals surface area contributed by atoms with Gasteiger partial charge in [0.05, 0.1) is 0 Å². The maximum atomic E-state index is 2.46. The summed E-state index contributed by atoms with van der Waals surface area (Å²) in [5.41, 5.74) is 6.96. The fourth-order valence-corrected chi connectivity index (χ4v) is 4.52. The van der Waals surface area contributed by atoms with E-state index in [9.17, 15) is 0 Å². The Morgan fingerprint density at radius 3 is 2.26 bits per heavy atom. The van der Waals surface area contributed by atoms with Gasteiger partial charge in [0.2, 0.25) is 0 Å². The first-order valence-corrected chi connectivity index (χ1v) is 9.93. The molecule has 0 unspecified atom stereocenters. The van der Waals surface area contributed by atoms with E-state index in [0.29, 0.717) is 0 Å². The van der Waals surface area contributed by atoms with Crippen molar-refractivity contribution in [1.82, 2.24) is 4.90 Å². The van der Waals surface area contributed by atoms with E-state index in [4.69, 9.17) is 0 Å². The lowest BCUT2D eigenvalue weighted by Gasteiger charge is -2.34. The van der Waals surface area contributed by atoms with Crippen molar-refractivity contribution in [3.05, 3.63) is 22.3 Å². The third-order valence-corrected chi connectivity index (χ3v) is 6.41. The molecule has 1 saturated carbocycles. The molecule has 2 fully saturated rings. The molecule has 2 atom stereocenters. The van der Waals surface area contributed by atoms with Crippen LogP contribution in [0.1, 0.15) is 79.6 Å². The molecule has 1 nitrogen and oxygen atoms in total. The summed E-state index contributed by atoms with van der Waals surface area (Å²) in [7, 11) is 2.25. The Morgan fingerprint density at radius 2 is 1.65 bits per heavy atom. The van der Waals surface area contributed by atoms with Crippen molar-refractivity contribution < 1.29 is 0 Å². The quantitative estimate of drug-likeness (QED) is 0.556. The van der Waals surface area contributed by atoms with Gasteiger partial charge < -0.3 is 4.90 Å². The average molecular weight is 318 g/mol. The Morgan fingerprint density at radius 1 is 1.04 bits per heavy atom. The zero-order valence-electron chi connectivity index (χ0n) is 16.5. The van der Waals surface area contributed by atoms with Crippen molar-refractivity contribution >= 4 is 0 Å². The highest BCUT2D eigenvalue weighted by atomic mass is 15.1. The largest absolute Gasteiger partial charge is 0.306 e. The van der Waals surface area contributed by atoms with Gasteiger partial charge >= 0.3 is 0 Å². The van der Waals surface area contributed by atoms with Crippen LogP contribution in [0.4, 0.5) is 0 Å². The molecule has 0 aromatic heterocycles. The Kier molecular flexibility index (Phi) is 6.95. The summed E-state index contributed by atoms with van der Waals surface area (Å²) in [5, 5.41) is 0. The predicted octanol–water partition coefficient (Wildman–Crippen LogP) is 6.22. The average Bonchev–Trinajstić information content (AvgIpc) is 2.52. The monoisotopic (exact) mass is 317 g/mol. The second-order valence-electron chi connectivity index (χ2n) is 8.73. The summed E-state index contributed by atoms with van der Waals surface area (Å²) in [6.45, 7) is 14.6. The number of piperidine rings is 1. The fourth-order valence-electron chi connectivity index (χ4n) is 4.52. The smallest absolute Gasteiger partial charge is 0.00158 e. The molecule has 2 rings (SSSR count). The van der Waals surface area contributed by atoms with E-state index in [-0.39, 0.29) is 0 Å². The number of rotatable bonds is 4. The maximum Gasteiger partial charge on any atom is 0.00158 e. The lowest BCUT2D eigenvalue weighted by Crippen LogP contribution is -2.26. The van der Waals surface area contributed by atoms with Crippen LogP contribution in [0.5, 0.6) is 0 Å². The minimum Gasteiger partial charge on any atom is -0.306 e. The topological polar surface area (TPSA) is 3.24 Å². The minimum absolute atomic E-state index is 0.806. The Labute approximate surface area is 145 Å². The number of allylic oxidation sites excluding steroid dienone is 3. The maximum absolute atomic E-state index is 2.46. The van der Waals surface area contributed by atoms with Crippen molar-refractivity contribution in [3.8, 4) is 0 Å². The molecular formula is C22H39N. The molecule has 1 aliphatic heterocycles. The molecule has 0 spiro atoms. The van der Waals surface area contributed by atoms with Crippen LogP contribution >= 0.6 is 0 Å². The van der Waals surface area contributed by atoms with Gasteiger partial charge in [0.25, 0.3) is 0 Å². The van der Waals surface area contributed by atoms with E-state index in [1.165, 1.54) is 58.0 Å². The highest BCUT2D eigenvalue weighted by molar-refractivity contribution is 5.21. The molecule has 1 heteroatoms. The Balaban J connectivity index is 2.01. The van der Waals surface area contributed by atoms with E-state index < -0.39 is 0 Å². The van der Waals surface area contributed by atoms with Gasteiger partial charge in [-0.1, -0.05) is 43.1 Å². The molecule has 0 amide bonds. The second-order valence-corrected chi connectivity index (χ2v) is 8.73. The van der Waals surface area contributed by atoms with Gasteiger partial charge in [0.1, 0.15) is 0 Å². The molecule has 1 saturated heterocycles. The lowest BCUT2D eigenvalue weighted by atomic mass is 9.72. The Hall–Kier alpha value is -0.560. The summed E-state index contributed by atoms with van der Waals surface area (Å²) in [5.74, 6) is 2.55. The normalized spacial score (nSPS) is 29.1. The molecule has 0 aromatic carbocycles. The third-order valence-electron chi connectivity index (χ3n) is 6.41. The van der Waals surface area contributed by atoms with E-state index >= 15 is 0 Å². The lowest BCUT2D eigenvalue weighted by molar-refractivity contribution is 0.304. The number of hydrogen-bond acceptors (Lipinski definition) is 1. The van der Waals surface area contributed by atoms with Crippen molar-refractivity contribution in [2.24, 2.45) is 17.8 Å². The molecule has 0 aromatic rings. The highest BCUT2D eigenvalue weighted by Crippen LogP contribution is 2.40. The zero-order chi connectivity index (χ0) is 17.0. The van der Waals surface area contributed by atoms with Gasteiger partial charge in [-0.15, -0.1) is 0 Å². The summed E-state index contributed by atoms with van der Waals surface area (Å²) in [6, 6.07) is 0. The molecular weight excluding hydrogens is 278 g/mol. The van der Waals surface area contributed by atoms with Crippen molar-refractivity contribution in [3.63, 3.8) is 0 Å². The van der Waals surface area contributed by atoms with Gasteiger partial charge in [-0.2, -0.15) is 0 Å². The summed E-state index contributed by atoms with van der Waals surface area (Å²) in [4.78, 5) is 2.46. The van der Waals surface area contributed by atoms with Gasteiger partial charge in [-0.25, -0.2) is 0 Å². The van der Waals surface area contributed by atoms with Crippen LogP contribution in [-0.4, -0.2) is 25.0 Å². The molecule has 1 aliphatic carbocycles. The van der Waals surface area contributed by atoms with Crippen LogP contribution < -0.4 is 0 Å². The molecule has 0 N–H and O–H groups in total. The minimum atomic E-state index is 0.806. The van der Waals surface area contributed by atoms with Crippen LogP contribution in [0.3, 0.4) is 0 Å². The summed E-state index contributed by atoms with van der Waals surface area (Å²) < 4.78 is 0. The molecule has 0 radical (unpaired) electrons. The van der Waals surface area contributed by atoms with E-state index in [2.05, 4.69) is 46.6 Å². The first kappa shape index (κ1) is 18.8. The number of likely N-dealkylation sites (tertiary alicyclic amines) is 1. The second kappa shape index (κ2) is 8.51. The van der Waals surface area contributed by atoms with E-state index in [1.54, 1.807) is 16.7 Å². The predicted molar refractivity (Wildman–Crippen MR) is 103 cm³/mol. The Bertz CT molecular complexity index is 445. The fraction of sp³-hybridized carbons (Fsp3) is 0.818. The van der Waals surface area contributed by atoms with Gasteiger partial charge in [-0.05, 0) is 83.6 Å². The first-order valence-electron chi connectivity index (χ1n) is 9.93. The molecule has 0 bridgehead atoms. The summed E-state index contributed by atoms with van der Waals surface area (Å²) in [6.07, 6.45) is 9.36. The van der Waals surface area contributed by atoms with Crippen LogP contribution in [0.15, 0.2) is 22.3 Å². The SMILES string of the molecule is CC(CC/C(C)=C1/C[C@H](C)CC[C@H]1C(C)C)=C1CCN(C)CC1. The van der Waals surface area contributed by atoms with Crippen molar-refractivity contribution in [1.29, 1.82) is 0 Å².